The van der Waals surface area contributed by atoms with E-state index in [1.807, 2.05) is 0 Å². The molecule has 1 fully saturated rings. The van der Waals surface area contributed by atoms with Crippen LogP contribution < -0.4 is 5.32 Å². The van der Waals surface area contributed by atoms with Gasteiger partial charge in [-0.15, -0.1) is 0 Å². The predicted octanol–water partition coefficient (Wildman–Crippen LogP) is 3.49. The first-order chi connectivity index (χ1) is 7.70. The summed E-state index contributed by atoms with van der Waals surface area (Å²) >= 11 is 0. The maximum Gasteiger partial charge on any atom is 0.0107 e. The first-order valence-electron chi connectivity index (χ1n) is 6.55. The number of rotatable bonds is 5. The number of hydrogen-bond donors (Lipinski definition) is 1. The van der Waals surface area contributed by atoms with Crippen molar-refractivity contribution in [2.45, 2.75) is 58.0 Å². The van der Waals surface area contributed by atoms with E-state index in [9.17, 15) is 0 Å². The van der Waals surface area contributed by atoms with Crippen molar-refractivity contribution in [3.8, 4) is 0 Å². The van der Waals surface area contributed by atoms with E-state index in [4.69, 9.17) is 0 Å². The summed E-state index contributed by atoms with van der Waals surface area (Å²) < 4.78 is 0. The van der Waals surface area contributed by atoms with Crippen molar-refractivity contribution in [1.82, 2.24) is 5.32 Å². The van der Waals surface area contributed by atoms with Crippen LogP contribution in [0.25, 0.3) is 0 Å². The van der Waals surface area contributed by atoms with Crippen molar-refractivity contribution in [3.63, 3.8) is 0 Å². The first kappa shape index (κ1) is 11.7. The normalized spacial score (nSPS) is 19.4. The third kappa shape index (κ3) is 2.85. The smallest absolute Gasteiger partial charge is 0.0107 e. The molecule has 2 rings (SSSR count). The highest BCUT2D eigenvalue weighted by molar-refractivity contribution is 5.26. The minimum absolute atomic E-state index is 0.583. The monoisotopic (exact) mass is 217 g/mol. The minimum Gasteiger partial charge on any atom is -0.311 e. The maximum atomic E-state index is 3.68. The molecule has 0 radical (unpaired) electrons. The zero-order valence-electron chi connectivity index (χ0n) is 10.7. The van der Waals surface area contributed by atoms with E-state index >= 15 is 0 Å². The van der Waals surface area contributed by atoms with Crippen LogP contribution >= 0.6 is 0 Å². The molecule has 2 atom stereocenters. The van der Waals surface area contributed by atoms with Gasteiger partial charge in [0.2, 0.25) is 0 Å². The lowest BCUT2D eigenvalue weighted by Gasteiger charge is -2.22. The summed E-state index contributed by atoms with van der Waals surface area (Å²) in [6.45, 7) is 6.83. The lowest BCUT2D eigenvalue weighted by atomic mass is 9.93. The predicted molar refractivity (Wildman–Crippen MR) is 69.9 cm³/mol. The molecule has 1 nitrogen and oxygen atoms in total. The number of hydrogen-bond acceptors (Lipinski definition) is 1. The molecule has 1 aliphatic rings. The second kappa shape index (κ2) is 5.01. The molecule has 0 saturated heterocycles. The minimum atomic E-state index is 0.583. The first-order valence-corrected chi connectivity index (χ1v) is 6.55. The second-order valence-corrected chi connectivity index (χ2v) is 5.11. The lowest BCUT2D eigenvalue weighted by Crippen LogP contribution is -2.32. The second-order valence-electron chi connectivity index (χ2n) is 5.11. The highest BCUT2D eigenvalue weighted by atomic mass is 15.0. The van der Waals surface area contributed by atoms with Crippen molar-refractivity contribution in [3.05, 3.63) is 35.4 Å². The molecule has 0 aromatic heterocycles. The summed E-state index contributed by atoms with van der Waals surface area (Å²) in [5.74, 6) is 0.603. The Morgan fingerprint density at radius 3 is 2.31 bits per heavy atom. The van der Waals surface area contributed by atoms with Gasteiger partial charge >= 0.3 is 0 Å². The largest absolute Gasteiger partial charge is 0.311 e. The van der Waals surface area contributed by atoms with Crippen molar-refractivity contribution in [1.29, 1.82) is 0 Å². The average molecular weight is 217 g/mol. The zero-order valence-corrected chi connectivity index (χ0v) is 10.7. The van der Waals surface area contributed by atoms with Gasteiger partial charge < -0.3 is 5.32 Å². The SMILES string of the molecule is CCc1ccc(C(C)C(C)NC2CC2)cc1. The van der Waals surface area contributed by atoms with E-state index in [1.54, 1.807) is 0 Å². The van der Waals surface area contributed by atoms with Crippen LogP contribution in [0.5, 0.6) is 0 Å². The lowest BCUT2D eigenvalue weighted by molar-refractivity contribution is 0.478. The summed E-state index contributed by atoms with van der Waals surface area (Å²) in [5.41, 5.74) is 2.89. The molecular weight excluding hydrogens is 194 g/mol. The zero-order chi connectivity index (χ0) is 11.5. The van der Waals surface area contributed by atoms with Gasteiger partial charge in [0.15, 0.2) is 0 Å². The van der Waals surface area contributed by atoms with E-state index in [-0.39, 0.29) is 0 Å². The Kier molecular flexibility index (Phi) is 3.65. The summed E-state index contributed by atoms with van der Waals surface area (Å²) in [6, 6.07) is 10.5. The molecule has 1 N–H and O–H groups in total. The van der Waals surface area contributed by atoms with E-state index in [1.165, 1.54) is 24.0 Å². The van der Waals surface area contributed by atoms with Crippen LogP contribution in [0.1, 0.15) is 50.7 Å². The van der Waals surface area contributed by atoms with Gasteiger partial charge in [0.05, 0.1) is 0 Å². The molecule has 0 amide bonds. The molecule has 0 aliphatic heterocycles. The van der Waals surface area contributed by atoms with Crippen LogP contribution in [0, 0.1) is 0 Å². The number of nitrogens with one attached hydrogen (secondary N) is 1. The van der Waals surface area contributed by atoms with E-state index in [0.717, 1.165) is 12.5 Å². The molecule has 1 aromatic rings. The Morgan fingerprint density at radius 1 is 1.19 bits per heavy atom. The molecule has 1 heteroatoms. The third-order valence-electron chi connectivity index (χ3n) is 3.74. The highest BCUT2D eigenvalue weighted by Gasteiger charge is 2.25. The highest BCUT2D eigenvalue weighted by Crippen LogP contribution is 2.25. The van der Waals surface area contributed by atoms with Crippen molar-refractivity contribution < 1.29 is 0 Å². The average Bonchev–Trinajstić information content (AvgIpc) is 3.12. The Hall–Kier alpha value is -0.820. The van der Waals surface area contributed by atoms with Crippen LogP contribution in [0.3, 0.4) is 0 Å². The summed E-state index contributed by atoms with van der Waals surface area (Å²) in [7, 11) is 0. The van der Waals surface area contributed by atoms with Crippen LogP contribution in [-0.4, -0.2) is 12.1 Å². The maximum absolute atomic E-state index is 3.68. The summed E-state index contributed by atoms with van der Waals surface area (Å²) in [5, 5.41) is 3.68. The molecule has 1 saturated carbocycles. The van der Waals surface area contributed by atoms with Gasteiger partial charge in [-0.25, -0.2) is 0 Å². The van der Waals surface area contributed by atoms with Gasteiger partial charge in [0.1, 0.15) is 0 Å². The summed E-state index contributed by atoms with van der Waals surface area (Å²) in [4.78, 5) is 0. The molecule has 0 heterocycles. The van der Waals surface area contributed by atoms with Gasteiger partial charge in [-0.2, -0.15) is 0 Å². The standard InChI is InChI=1S/C15H23N/c1-4-13-5-7-14(8-6-13)11(2)12(3)16-15-9-10-15/h5-8,11-12,15-16H,4,9-10H2,1-3H3. The molecular formula is C15H23N. The van der Waals surface area contributed by atoms with Crippen molar-refractivity contribution in [2.75, 3.05) is 0 Å². The fraction of sp³-hybridized carbons (Fsp3) is 0.600. The van der Waals surface area contributed by atoms with Crippen LogP contribution in [-0.2, 0) is 6.42 Å². The molecule has 88 valence electrons. The third-order valence-corrected chi connectivity index (χ3v) is 3.74. The van der Waals surface area contributed by atoms with Crippen LogP contribution in [0.15, 0.2) is 24.3 Å². The topological polar surface area (TPSA) is 12.0 Å². The Balaban J connectivity index is 1.97. The molecule has 0 spiro atoms. The van der Waals surface area contributed by atoms with Gasteiger partial charge in [0.25, 0.3) is 0 Å². The van der Waals surface area contributed by atoms with E-state index < -0.39 is 0 Å². The van der Waals surface area contributed by atoms with E-state index in [0.29, 0.717) is 12.0 Å². The van der Waals surface area contributed by atoms with Crippen LogP contribution in [0.4, 0.5) is 0 Å². The van der Waals surface area contributed by atoms with Gasteiger partial charge in [0, 0.05) is 12.1 Å². The molecule has 1 aromatic carbocycles. The van der Waals surface area contributed by atoms with Crippen LogP contribution in [0.2, 0.25) is 0 Å². The van der Waals surface area contributed by atoms with Gasteiger partial charge in [-0.3, -0.25) is 0 Å². The molecule has 0 bridgehead atoms. The quantitative estimate of drug-likeness (QED) is 0.796. The fourth-order valence-electron chi connectivity index (χ4n) is 2.11. The summed E-state index contributed by atoms with van der Waals surface area (Å²) in [6.07, 6.45) is 3.86. The van der Waals surface area contributed by atoms with Gasteiger partial charge in [-0.1, -0.05) is 38.1 Å². The Labute approximate surface area is 99.3 Å². The number of benzene rings is 1. The van der Waals surface area contributed by atoms with E-state index in [2.05, 4.69) is 50.4 Å². The Morgan fingerprint density at radius 2 is 1.81 bits per heavy atom. The van der Waals surface area contributed by atoms with Gasteiger partial charge in [-0.05, 0) is 43.2 Å². The van der Waals surface area contributed by atoms with Crippen molar-refractivity contribution in [2.24, 2.45) is 0 Å². The number of aryl methyl sites for hydroxylation is 1. The Bertz CT molecular complexity index is 324. The molecule has 16 heavy (non-hydrogen) atoms. The molecule has 1 aliphatic carbocycles. The van der Waals surface area contributed by atoms with Crippen molar-refractivity contribution >= 4 is 0 Å². The fourth-order valence-corrected chi connectivity index (χ4v) is 2.11. The molecule has 2 unspecified atom stereocenters.